The molecule has 5 heteroatoms. The van der Waals surface area contributed by atoms with E-state index in [9.17, 15) is 0 Å². The Hall–Kier alpha value is -1.13. The van der Waals surface area contributed by atoms with Crippen LogP contribution in [0.1, 0.15) is 13.8 Å². The number of nitrogens with zero attached hydrogens (tertiary/aromatic N) is 4. The smallest absolute Gasteiger partial charge is 0.242 e. The van der Waals surface area contributed by atoms with Gasteiger partial charge in [-0.25, -0.2) is 4.68 Å². The largest absolute Gasteiger partial charge is 0.353 e. The summed E-state index contributed by atoms with van der Waals surface area (Å²) in [5.41, 5.74) is 0. The van der Waals surface area contributed by atoms with Gasteiger partial charge in [-0.15, -0.1) is 0 Å². The fourth-order valence-electron chi connectivity index (χ4n) is 0.675. The van der Waals surface area contributed by atoms with E-state index >= 15 is 0 Å². The number of hydrogen-bond acceptors (Lipinski definition) is 4. The summed E-state index contributed by atoms with van der Waals surface area (Å²) in [6, 6.07) is 0. The molecule has 0 saturated heterocycles. The molecule has 5 nitrogen and oxygen atoms in total. The standard InChI is InChI=1S/C6H13N5/c1-5(2)4-7-6-8-9-10-11(6)3/h5H,4H2,1-3H3,(H,7,8,10). The van der Waals surface area contributed by atoms with E-state index in [-0.39, 0.29) is 0 Å². The molecule has 11 heavy (non-hydrogen) atoms. The molecule has 0 aliphatic carbocycles. The fourth-order valence-corrected chi connectivity index (χ4v) is 0.675. The zero-order valence-corrected chi connectivity index (χ0v) is 7.07. The van der Waals surface area contributed by atoms with E-state index < -0.39 is 0 Å². The van der Waals surface area contributed by atoms with Crippen molar-refractivity contribution in [3.8, 4) is 0 Å². The van der Waals surface area contributed by atoms with Crippen molar-refractivity contribution < 1.29 is 0 Å². The predicted octanol–water partition coefficient (Wildman–Crippen LogP) is 0.278. The van der Waals surface area contributed by atoms with Gasteiger partial charge in [-0.3, -0.25) is 0 Å². The van der Waals surface area contributed by atoms with Crippen LogP contribution in [0.4, 0.5) is 5.95 Å². The molecule has 0 bridgehead atoms. The van der Waals surface area contributed by atoms with Crippen LogP contribution in [0.5, 0.6) is 0 Å². The number of anilines is 1. The Kier molecular flexibility index (Phi) is 2.40. The first-order valence-corrected chi connectivity index (χ1v) is 3.66. The lowest BCUT2D eigenvalue weighted by molar-refractivity contribution is 0.670. The molecule has 62 valence electrons. The van der Waals surface area contributed by atoms with Gasteiger partial charge in [-0.05, 0) is 16.3 Å². The second kappa shape index (κ2) is 3.32. The van der Waals surface area contributed by atoms with Crippen LogP contribution in [0.25, 0.3) is 0 Å². The number of hydrogen-bond donors (Lipinski definition) is 1. The van der Waals surface area contributed by atoms with Crippen LogP contribution in [0, 0.1) is 5.92 Å². The zero-order valence-electron chi connectivity index (χ0n) is 7.07. The van der Waals surface area contributed by atoms with Gasteiger partial charge in [0.1, 0.15) is 0 Å². The van der Waals surface area contributed by atoms with E-state index in [0.29, 0.717) is 5.92 Å². The highest BCUT2D eigenvalue weighted by atomic mass is 15.6. The minimum absolute atomic E-state index is 0.603. The Morgan fingerprint density at radius 2 is 2.27 bits per heavy atom. The summed E-state index contributed by atoms with van der Waals surface area (Å²) in [7, 11) is 1.81. The van der Waals surface area contributed by atoms with E-state index in [1.54, 1.807) is 4.68 Å². The molecular formula is C6H13N5. The van der Waals surface area contributed by atoms with Crippen LogP contribution in [-0.4, -0.2) is 26.8 Å². The molecule has 1 aromatic heterocycles. The Morgan fingerprint density at radius 3 is 2.73 bits per heavy atom. The highest BCUT2D eigenvalue weighted by molar-refractivity contribution is 5.20. The lowest BCUT2D eigenvalue weighted by atomic mass is 10.2. The van der Waals surface area contributed by atoms with Crippen LogP contribution in [0.2, 0.25) is 0 Å². The molecule has 1 aromatic rings. The van der Waals surface area contributed by atoms with Gasteiger partial charge in [-0.1, -0.05) is 18.9 Å². The SMILES string of the molecule is CC(C)CNc1nnnn1C. The normalized spacial score (nSPS) is 10.5. The van der Waals surface area contributed by atoms with Crippen LogP contribution in [0.3, 0.4) is 0 Å². The van der Waals surface area contributed by atoms with E-state index in [4.69, 9.17) is 0 Å². The quantitative estimate of drug-likeness (QED) is 0.681. The van der Waals surface area contributed by atoms with Gasteiger partial charge >= 0.3 is 0 Å². The third-order valence-electron chi connectivity index (χ3n) is 1.29. The van der Waals surface area contributed by atoms with Crippen molar-refractivity contribution in [1.82, 2.24) is 20.2 Å². The summed E-state index contributed by atoms with van der Waals surface area (Å²) < 4.78 is 1.61. The highest BCUT2D eigenvalue weighted by Crippen LogP contribution is 1.98. The lowest BCUT2D eigenvalue weighted by Crippen LogP contribution is -2.11. The first-order valence-electron chi connectivity index (χ1n) is 3.66. The number of rotatable bonds is 3. The van der Waals surface area contributed by atoms with Crippen molar-refractivity contribution in [2.75, 3.05) is 11.9 Å². The molecule has 1 heterocycles. The number of tetrazole rings is 1. The van der Waals surface area contributed by atoms with Gasteiger partial charge in [0.05, 0.1) is 0 Å². The molecule has 1 N–H and O–H groups in total. The van der Waals surface area contributed by atoms with Gasteiger partial charge < -0.3 is 5.32 Å². The van der Waals surface area contributed by atoms with Gasteiger partial charge in [0.15, 0.2) is 0 Å². The summed E-state index contributed by atoms with van der Waals surface area (Å²) in [6.07, 6.45) is 0. The fraction of sp³-hybridized carbons (Fsp3) is 0.833. The maximum absolute atomic E-state index is 3.78. The number of aromatic nitrogens is 4. The lowest BCUT2D eigenvalue weighted by Gasteiger charge is -2.05. The van der Waals surface area contributed by atoms with Crippen molar-refractivity contribution in [3.63, 3.8) is 0 Å². The molecule has 1 rings (SSSR count). The van der Waals surface area contributed by atoms with Gasteiger partial charge in [0, 0.05) is 13.6 Å². The van der Waals surface area contributed by atoms with Crippen molar-refractivity contribution >= 4 is 5.95 Å². The molecule has 0 amide bonds. The molecule has 0 atom stereocenters. The Balaban J connectivity index is 2.44. The summed E-state index contributed by atoms with van der Waals surface area (Å²) in [4.78, 5) is 0. The van der Waals surface area contributed by atoms with Gasteiger partial charge in [0.2, 0.25) is 5.95 Å². The maximum Gasteiger partial charge on any atom is 0.242 e. The van der Waals surface area contributed by atoms with Gasteiger partial charge in [-0.2, -0.15) is 0 Å². The maximum atomic E-state index is 3.78. The first kappa shape index (κ1) is 7.97. The molecule has 0 aliphatic rings. The molecule has 0 unspecified atom stereocenters. The zero-order chi connectivity index (χ0) is 8.27. The van der Waals surface area contributed by atoms with Crippen LogP contribution >= 0.6 is 0 Å². The van der Waals surface area contributed by atoms with Crippen molar-refractivity contribution in [2.45, 2.75) is 13.8 Å². The predicted molar refractivity (Wildman–Crippen MR) is 42.1 cm³/mol. The Labute approximate surface area is 65.8 Å². The van der Waals surface area contributed by atoms with E-state index in [1.807, 2.05) is 7.05 Å². The molecule has 0 aliphatic heterocycles. The van der Waals surface area contributed by atoms with E-state index in [0.717, 1.165) is 12.5 Å². The summed E-state index contributed by atoms with van der Waals surface area (Å²) >= 11 is 0. The van der Waals surface area contributed by atoms with Crippen LogP contribution in [-0.2, 0) is 7.05 Å². The second-order valence-electron chi connectivity index (χ2n) is 2.90. The Bertz CT molecular complexity index is 217. The average Bonchev–Trinajstić information content (AvgIpc) is 2.31. The summed E-state index contributed by atoms with van der Waals surface area (Å²) in [6.45, 7) is 5.17. The molecule has 0 saturated carbocycles. The molecule has 0 spiro atoms. The van der Waals surface area contributed by atoms with Gasteiger partial charge in [0.25, 0.3) is 0 Å². The van der Waals surface area contributed by atoms with Crippen molar-refractivity contribution in [2.24, 2.45) is 13.0 Å². The first-order chi connectivity index (χ1) is 5.20. The van der Waals surface area contributed by atoms with Crippen LogP contribution in [0.15, 0.2) is 0 Å². The molecule has 0 aromatic carbocycles. The van der Waals surface area contributed by atoms with Crippen molar-refractivity contribution in [3.05, 3.63) is 0 Å². The minimum Gasteiger partial charge on any atom is -0.353 e. The van der Waals surface area contributed by atoms with Crippen molar-refractivity contribution in [1.29, 1.82) is 0 Å². The minimum atomic E-state index is 0.603. The third-order valence-corrected chi connectivity index (χ3v) is 1.29. The van der Waals surface area contributed by atoms with E-state index in [2.05, 4.69) is 34.7 Å². The molecule has 0 fully saturated rings. The number of aryl methyl sites for hydroxylation is 1. The monoisotopic (exact) mass is 155 g/mol. The highest BCUT2D eigenvalue weighted by Gasteiger charge is 2.00. The summed E-state index contributed by atoms with van der Waals surface area (Å²) in [5, 5.41) is 14.1. The average molecular weight is 155 g/mol. The second-order valence-corrected chi connectivity index (χ2v) is 2.90. The summed E-state index contributed by atoms with van der Waals surface area (Å²) in [5.74, 6) is 1.32. The topological polar surface area (TPSA) is 55.6 Å². The van der Waals surface area contributed by atoms with Crippen LogP contribution < -0.4 is 5.32 Å². The molecular weight excluding hydrogens is 142 g/mol. The third kappa shape index (κ3) is 2.18. The number of nitrogens with one attached hydrogen (secondary N) is 1. The van der Waals surface area contributed by atoms with E-state index in [1.165, 1.54) is 0 Å². The molecule has 0 radical (unpaired) electrons. The Morgan fingerprint density at radius 1 is 1.55 bits per heavy atom.